The largest absolute Gasteiger partial charge is 0.480 e. The van der Waals surface area contributed by atoms with Crippen LogP contribution in [0.25, 0.3) is 0 Å². The summed E-state index contributed by atoms with van der Waals surface area (Å²) in [4.78, 5) is 34.9. The van der Waals surface area contributed by atoms with Gasteiger partial charge in [-0.1, -0.05) is 30.3 Å². The van der Waals surface area contributed by atoms with E-state index in [-0.39, 0.29) is 5.75 Å². The number of benzene rings is 1. The Morgan fingerprint density at radius 2 is 1.67 bits per heavy atom. The average Bonchev–Trinajstić information content (AvgIpc) is 2.57. The van der Waals surface area contributed by atoms with Crippen LogP contribution in [0.3, 0.4) is 0 Å². The number of carbonyl (C=O) groups excluding carboxylic acids is 2. The van der Waals surface area contributed by atoms with Gasteiger partial charge in [0.1, 0.15) is 12.1 Å². The van der Waals surface area contributed by atoms with Gasteiger partial charge in [-0.05, 0) is 12.0 Å². The predicted octanol–water partition coefficient (Wildman–Crippen LogP) is -1.47. The number of nitrogens with one attached hydrogen (secondary N) is 2. The van der Waals surface area contributed by atoms with Crippen molar-refractivity contribution in [2.45, 2.75) is 24.5 Å². The molecule has 1 aromatic rings. The van der Waals surface area contributed by atoms with Crippen molar-refractivity contribution >= 4 is 30.4 Å². The van der Waals surface area contributed by atoms with Gasteiger partial charge in [-0.2, -0.15) is 12.6 Å². The Balaban J connectivity index is 2.61. The van der Waals surface area contributed by atoms with Gasteiger partial charge in [0.2, 0.25) is 11.8 Å². The average molecular weight is 355 g/mol. The minimum absolute atomic E-state index is 0.0482. The SMILES string of the molecule is N[C@@H](Cc1ccccc1)C(=O)N[C@@H](CS)C(=O)N[C@@H](CO)C(=O)O. The number of nitrogens with two attached hydrogens (primary N) is 1. The van der Waals surface area contributed by atoms with E-state index in [1.807, 2.05) is 30.3 Å². The fourth-order valence-electron chi connectivity index (χ4n) is 1.89. The lowest BCUT2D eigenvalue weighted by molar-refractivity contribution is -0.143. The predicted molar refractivity (Wildman–Crippen MR) is 90.6 cm³/mol. The molecule has 0 aromatic heterocycles. The van der Waals surface area contributed by atoms with Crippen molar-refractivity contribution in [1.82, 2.24) is 10.6 Å². The number of aliphatic hydroxyl groups is 1. The third-order valence-corrected chi connectivity index (χ3v) is 3.61. The number of thiol groups is 1. The first-order valence-electron chi connectivity index (χ1n) is 7.23. The number of aliphatic carboxylic acids is 1. The number of aliphatic hydroxyl groups excluding tert-OH is 1. The minimum atomic E-state index is -1.45. The highest BCUT2D eigenvalue weighted by Gasteiger charge is 2.26. The molecule has 0 heterocycles. The van der Waals surface area contributed by atoms with Gasteiger partial charge in [0, 0.05) is 5.75 Å². The van der Waals surface area contributed by atoms with Crippen molar-refractivity contribution in [2.75, 3.05) is 12.4 Å². The molecule has 2 amide bonds. The van der Waals surface area contributed by atoms with Crippen molar-refractivity contribution in [3.05, 3.63) is 35.9 Å². The molecule has 9 heteroatoms. The monoisotopic (exact) mass is 355 g/mol. The molecule has 0 spiro atoms. The number of amides is 2. The van der Waals surface area contributed by atoms with Gasteiger partial charge in [-0.15, -0.1) is 0 Å². The van der Waals surface area contributed by atoms with E-state index in [0.717, 1.165) is 5.56 Å². The maximum Gasteiger partial charge on any atom is 0.328 e. The molecule has 132 valence electrons. The molecule has 6 N–H and O–H groups in total. The van der Waals surface area contributed by atoms with E-state index in [0.29, 0.717) is 6.42 Å². The van der Waals surface area contributed by atoms with Gasteiger partial charge < -0.3 is 26.6 Å². The van der Waals surface area contributed by atoms with Crippen LogP contribution in [-0.4, -0.2) is 58.5 Å². The van der Waals surface area contributed by atoms with E-state index in [1.165, 1.54) is 0 Å². The second kappa shape index (κ2) is 9.91. The lowest BCUT2D eigenvalue weighted by Gasteiger charge is -2.21. The highest BCUT2D eigenvalue weighted by Crippen LogP contribution is 2.02. The van der Waals surface area contributed by atoms with Crippen LogP contribution < -0.4 is 16.4 Å². The van der Waals surface area contributed by atoms with Crippen LogP contribution in [0.2, 0.25) is 0 Å². The summed E-state index contributed by atoms with van der Waals surface area (Å²) in [5.41, 5.74) is 6.70. The summed E-state index contributed by atoms with van der Waals surface area (Å²) in [6, 6.07) is 5.77. The van der Waals surface area contributed by atoms with Crippen molar-refractivity contribution in [3.8, 4) is 0 Å². The zero-order valence-corrected chi connectivity index (χ0v) is 13.8. The molecule has 8 nitrogen and oxygen atoms in total. The van der Waals surface area contributed by atoms with E-state index in [4.69, 9.17) is 15.9 Å². The second-order valence-corrected chi connectivity index (χ2v) is 5.49. The summed E-state index contributed by atoms with van der Waals surface area (Å²) in [5.74, 6) is -2.74. The van der Waals surface area contributed by atoms with Crippen molar-refractivity contribution < 1.29 is 24.6 Å². The summed E-state index contributed by atoms with van der Waals surface area (Å²) >= 11 is 3.97. The molecule has 0 saturated heterocycles. The third kappa shape index (κ3) is 6.19. The smallest absolute Gasteiger partial charge is 0.328 e. The molecule has 0 bridgehead atoms. The maximum atomic E-state index is 12.1. The molecule has 24 heavy (non-hydrogen) atoms. The number of rotatable bonds is 9. The highest BCUT2D eigenvalue weighted by molar-refractivity contribution is 7.80. The zero-order valence-electron chi connectivity index (χ0n) is 12.9. The maximum absolute atomic E-state index is 12.1. The summed E-state index contributed by atoms with van der Waals surface area (Å²) in [6.07, 6.45) is 0.294. The van der Waals surface area contributed by atoms with E-state index in [1.54, 1.807) is 0 Å². The van der Waals surface area contributed by atoms with Gasteiger partial charge in [0.15, 0.2) is 0 Å². The van der Waals surface area contributed by atoms with E-state index < -0.39 is 42.5 Å². The quantitative estimate of drug-likeness (QED) is 0.299. The molecule has 0 aliphatic rings. The zero-order chi connectivity index (χ0) is 18.1. The molecule has 0 radical (unpaired) electrons. The molecule has 3 atom stereocenters. The van der Waals surface area contributed by atoms with Crippen LogP contribution in [0, 0.1) is 0 Å². The summed E-state index contributed by atoms with van der Waals surface area (Å²) < 4.78 is 0. The highest BCUT2D eigenvalue weighted by atomic mass is 32.1. The topological polar surface area (TPSA) is 142 Å². The van der Waals surface area contributed by atoms with Gasteiger partial charge in [0.25, 0.3) is 0 Å². The van der Waals surface area contributed by atoms with Crippen LogP contribution in [0.4, 0.5) is 0 Å². The summed E-state index contributed by atoms with van der Waals surface area (Å²) in [6.45, 7) is -0.762. The number of carboxylic acids is 1. The Kier molecular flexibility index (Phi) is 8.24. The molecular formula is C15H21N3O5S. The second-order valence-electron chi connectivity index (χ2n) is 5.12. The van der Waals surface area contributed by atoms with Gasteiger partial charge in [-0.25, -0.2) is 4.79 Å². The van der Waals surface area contributed by atoms with E-state index >= 15 is 0 Å². The van der Waals surface area contributed by atoms with Crippen molar-refractivity contribution in [3.63, 3.8) is 0 Å². The van der Waals surface area contributed by atoms with Crippen LogP contribution in [0.5, 0.6) is 0 Å². The number of hydrogen-bond donors (Lipinski definition) is 6. The lowest BCUT2D eigenvalue weighted by atomic mass is 10.1. The van der Waals surface area contributed by atoms with Gasteiger partial charge >= 0.3 is 5.97 Å². The normalized spacial score (nSPS) is 14.3. The lowest BCUT2D eigenvalue weighted by Crippen LogP contribution is -2.56. The number of carboxylic acid groups (broad SMARTS) is 1. The summed E-state index contributed by atoms with van der Waals surface area (Å²) in [7, 11) is 0. The molecule has 0 fully saturated rings. The Bertz CT molecular complexity index is 569. The molecule has 0 aliphatic carbocycles. The first-order valence-corrected chi connectivity index (χ1v) is 7.87. The van der Waals surface area contributed by atoms with Crippen LogP contribution in [-0.2, 0) is 20.8 Å². The Morgan fingerprint density at radius 3 is 2.17 bits per heavy atom. The van der Waals surface area contributed by atoms with Crippen molar-refractivity contribution in [1.29, 1.82) is 0 Å². The van der Waals surface area contributed by atoms with Gasteiger partial charge in [0.05, 0.1) is 12.6 Å². The standard InChI is InChI=1S/C15H21N3O5S/c16-10(6-9-4-2-1-3-5-9)13(20)18-12(8-24)14(21)17-11(7-19)15(22)23/h1-5,10-12,19,24H,6-8,16H2,(H,17,21)(H,18,20)(H,22,23)/t10-,11-,12-/m0/s1. The molecule has 0 unspecified atom stereocenters. The molecule has 1 rings (SSSR count). The molecule has 1 aromatic carbocycles. The Hall–Kier alpha value is -2.10. The van der Waals surface area contributed by atoms with E-state index in [9.17, 15) is 14.4 Å². The van der Waals surface area contributed by atoms with Crippen LogP contribution in [0.1, 0.15) is 5.56 Å². The first-order chi connectivity index (χ1) is 11.4. The van der Waals surface area contributed by atoms with Crippen LogP contribution in [0.15, 0.2) is 30.3 Å². The molecule has 0 saturated carbocycles. The summed E-state index contributed by atoms with van der Waals surface area (Å²) in [5, 5.41) is 22.3. The Morgan fingerprint density at radius 1 is 1.08 bits per heavy atom. The first kappa shape index (κ1) is 19.9. The van der Waals surface area contributed by atoms with Crippen molar-refractivity contribution in [2.24, 2.45) is 5.73 Å². The van der Waals surface area contributed by atoms with Gasteiger partial charge in [-0.3, -0.25) is 9.59 Å². The fraction of sp³-hybridized carbons (Fsp3) is 0.400. The van der Waals surface area contributed by atoms with E-state index in [2.05, 4.69) is 23.3 Å². The number of hydrogen-bond acceptors (Lipinski definition) is 6. The molecule has 0 aliphatic heterocycles. The third-order valence-electron chi connectivity index (χ3n) is 3.25. The Labute approximate surface area is 144 Å². The molecular weight excluding hydrogens is 334 g/mol. The van der Waals surface area contributed by atoms with Crippen LogP contribution >= 0.6 is 12.6 Å². The minimum Gasteiger partial charge on any atom is -0.480 e. The fourth-order valence-corrected chi connectivity index (χ4v) is 2.15. The number of carbonyl (C=O) groups is 3.